The lowest BCUT2D eigenvalue weighted by molar-refractivity contribution is 0.0220. The number of aromatic nitrogens is 2. The zero-order chi connectivity index (χ0) is 25.0. The van der Waals surface area contributed by atoms with Crippen LogP contribution in [-0.4, -0.2) is 58.3 Å². The van der Waals surface area contributed by atoms with Crippen LogP contribution in [0.5, 0.6) is 0 Å². The van der Waals surface area contributed by atoms with Gasteiger partial charge in [0.1, 0.15) is 18.0 Å². The maximum Gasteiger partial charge on any atom is 0.410 e. The zero-order valence-electron chi connectivity index (χ0n) is 20.4. The molecule has 3 heterocycles. The van der Waals surface area contributed by atoms with Crippen LogP contribution in [0.15, 0.2) is 30.3 Å². The molecular weight excluding hydrogens is 470 g/mol. The Kier molecular flexibility index (Phi) is 7.64. The monoisotopic (exact) mass is 501 g/mol. The van der Waals surface area contributed by atoms with E-state index in [0.717, 1.165) is 42.0 Å². The first-order valence-corrected chi connectivity index (χ1v) is 12.3. The number of ether oxygens (including phenoxy) is 2. The maximum atomic E-state index is 12.5. The molecule has 188 valence electrons. The van der Waals surface area contributed by atoms with Gasteiger partial charge in [-0.3, -0.25) is 0 Å². The number of rotatable bonds is 4. The lowest BCUT2D eigenvalue weighted by Gasteiger charge is -2.37. The van der Waals surface area contributed by atoms with Crippen molar-refractivity contribution in [3.63, 3.8) is 0 Å². The molecule has 35 heavy (non-hydrogen) atoms. The van der Waals surface area contributed by atoms with Crippen LogP contribution in [0, 0.1) is 0 Å². The molecule has 4 rings (SSSR count). The minimum atomic E-state index is -0.566. The second-order valence-corrected chi connectivity index (χ2v) is 10.2. The summed E-state index contributed by atoms with van der Waals surface area (Å²) in [5.74, 6) is 0.771. The number of fused-ring (bicyclic) bond motifs is 1. The Labute approximate surface area is 210 Å². The lowest BCUT2D eigenvalue weighted by atomic mass is 10.0. The van der Waals surface area contributed by atoms with Crippen molar-refractivity contribution in [2.45, 2.75) is 64.8 Å². The van der Waals surface area contributed by atoms with Crippen LogP contribution < -0.4 is 10.2 Å². The first kappa shape index (κ1) is 25.0. The number of hydrogen-bond donors (Lipinski definition) is 1. The van der Waals surface area contributed by atoms with Gasteiger partial charge in [-0.2, -0.15) is 0 Å². The summed E-state index contributed by atoms with van der Waals surface area (Å²) in [5, 5.41) is 3.12. The highest BCUT2D eigenvalue weighted by molar-refractivity contribution is 6.28. The molecule has 2 aliphatic heterocycles. The fraction of sp³-hybridized carbons (Fsp3) is 0.520. The second-order valence-electron chi connectivity index (χ2n) is 9.88. The van der Waals surface area contributed by atoms with Crippen molar-refractivity contribution in [2.75, 3.05) is 24.5 Å². The molecule has 0 bridgehead atoms. The first-order valence-electron chi connectivity index (χ1n) is 11.9. The van der Waals surface area contributed by atoms with E-state index in [2.05, 4.69) is 20.2 Å². The van der Waals surface area contributed by atoms with E-state index >= 15 is 0 Å². The fourth-order valence-corrected chi connectivity index (χ4v) is 4.53. The van der Waals surface area contributed by atoms with Crippen LogP contribution in [0.3, 0.4) is 0 Å². The minimum Gasteiger partial charge on any atom is -0.445 e. The second kappa shape index (κ2) is 10.7. The van der Waals surface area contributed by atoms with Crippen molar-refractivity contribution in [3.05, 3.63) is 52.4 Å². The minimum absolute atomic E-state index is 0.0710. The number of benzene rings is 1. The number of alkyl carbamates (subject to hydrolysis) is 1. The summed E-state index contributed by atoms with van der Waals surface area (Å²) in [7, 11) is 0. The Morgan fingerprint density at radius 3 is 2.69 bits per heavy atom. The van der Waals surface area contributed by atoms with Crippen molar-refractivity contribution < 1.29 is 19.1 Å². The molecule has 1 atom stereocenters. The quantitative estimate of drug-likeness (QED) is 0.623. The summed E-state index contributed by atoms with van der Waals surface area (Å²) >= 11 is 6.28. The molecule has 1 aromatic heterocycles. The highest BCUT2D eigenvalue weighted by Gasteiger charge is 2.31. The van der Waals surface area contributed by atoms with Crippen molar-refractivity contribution >= 4 is 29.6 Å². The normalized spacial score (nSPS) is 18.0. The highest BCUT2D eigenvalue weighted by Crippen LogP contribution is 2.30. The van der Waals surface area contributed by atoms with Gasteiger partial charge in [-0.05, 0) is 57.2 Å². The van der Waals surface area contributed by atoms with Gasteiger partial charge in [0.25, 0.3) is 0 Å². The number of amides is 2. The maximum absolute atomic E-state index is 12.5. The molecular formula is C25H32ClN5O4. The molecule has 2 amide bonds. The van der Waals surface area contributed by atoms with Gasteiger partial charge >= 0.3 is 12.2 Å². The number of carbonyl (C=O) groups is 2. The topological polar surface area (TPSA) is 96.9 Å². The predicted molar refractivity (Wildman–Crippen MR) is 132 cm³/mol. The molecule has 0 spiro atoms. The molecule has 0 unspecified atom stereocenters. The van der Waals surface area contributed by atoms with Gasteiger partial charge in [0.05, 0.1) is 12.2 Å². The molecule has 1 saturated heterocycles. The number of hydrogen-bond acceptors (Lipinski definition) is 7. The Morgan fingerprint density at radius 2 is 1.94 bits per heavy atom. The molecule has 0 aliphatic carbocycles. The fourth-order valence-electron chi connectivity index (χ4n) is 4.34. The third-order valence-corrected chi connectivity index (χ3v) is 6.09. The molecule has 1 fully saturated rings. The van der Waals surface area contributed by atoms with Gasteiger partial charge in [0.2, 0.25) is 5.28 Å². The molecule has 1 aromatic carbocycles. The average Bonchev–Trinajstić information content (AvgIpc) is 2.81. The van der Waals surface area contributed by atoms with Gasteiger partial charge in [0.15, 0.2) is 0 Å². The van der Waals surface area contributed by atoms with Gasteiger partial charge in [-0.1, -0.05) is 30.3 Å². The van der Waals surface area contributed by atoms with E-state index in [4.69, 9.17) is 21.1 Å². The summed E-state index contributed by atoms with van der Waals surface area (Å²) in [4.78, 5) is 37.6. The van der Waals surface area contributed by atoms with Crippen LogP contribution in [0.2, 0.25) is 5.28 Å². The van der Waals surface area contributed by atoms with Crippen molar-refractivity contribution in [1.29, 1.82) is 0 Å². The van der Waals surface area contributed by atoms with Gasteiger partial charge in [-0.15, -0.1) is 0 Å². The number of nitrogens with zero attached hydrogens (tertiary/aromatic N) is 4. The van der Waals surface area contributed by atoms with E-state index in [0.29, 0.717) is 26.1 Å². The van der Waals surface area contributed by atoms with Crippen LogP contribution in [-0.2, 0) is 29.0 Å². The SMILES string of the molecule is CC(C)(C)OC(=O)N1CCc2c(nc(Cl)nc2N2CCC[C@H](NC(=O)OCc3ccccc3)C2)C1. The average molecular weight is 502 g/mol. The zero-order valence-corrected chi connectivity index (χ0v) is 21.2. The van der Waals surface area contributed by atoms with Crippen LogP contribution >= 0.6 is 11.6 Å². The van der Waals surface area contributed by atoms with Crippen molar-refractivity contribution in [1.82, 2.24) is 20.2 Å². The molecule has 0 saturated carbocycles. The largest absolute Gasteiger partial charge is 0.445 e. The Hall–Kier alpha value is -3.07. The molecule has 10 heteroatoms. The number of carbonyl (C=O) groups excluding carboxylic acids is 2. The summed E-state index contributed by atoms with van der Waals surface area (Å²) in [5.41, 5.74) is 2.09. The van der Waals surface area contributed by atoms with E-state index < -0.39 is 11.7 Å². The highest BCUT2D eigenvalue weighted by atomic mass is 35.5. The smallest absolute Gasteiger partial charge is 0.410 e. The van der Waals surface area contributed by atoms with Gasteiger partial charge in [-0.25, -0.2) is 19.6 Å². The van der Waals surface area contributed by atoms with Gasteiger partial charge < -0.3 is 24.6 Å². The third kappa shape index (κ3) is 6.75. The Bertz CT molecular complexity index is 1060. The number of nitrogens with one attached hydrogen (secondary N) is 1. The van der Waals surface area contributed by atoms with Crippen LogP contribution in [0.1, 0.15) is 50.4 Å². The van der Waals surface area contributed by atoms with E-state index in [-0.39, 0.29) is 24.0 Å². The summed E-state index contributed by atoms with van der Waals surface area (Å²) in [6, 6.07) is 9.51. The van der Waals surface area contributed by atoms with Crippen molar-refractivity contribution in [3.8, 4) is 0 Å². The molecule has 2 aliphatic rings. The number of piperidine rings is 1. The van der Waals surface area contributed by atoms with E-state index in [9.17, 15) is 9.59 Å². The molecule has 0 radical (unpaired) electrons. The molecule has 2 aromatic rings. The van der Waals surface area contributed by atoms with E-state index in [1.165, 1.54) is 0 Å². The summed E-state index contributed by atoms with van der Waals surface area (Å²) < 4.78 is 10.9. The Balaban J connectivity index is 1.40. The Morgan fingerprint density at radius 1 is 1.17 bits per heavy atom. The lowest BCUT2D eigenvalue weighted by Crippen LogP contribution is -2.49. The van der Waals surface area contributed by atoms with Crippen molar-refractivity contribution in [2.24, 2.45) is 0 Å². The van der Waals surface area contributed by atoms with Crippen LogP contribution in [0.4, 0.5) is 15.4 Å². The summed E-state index contributed by atoms with van der Waals surface area (Å²) in [6.07, 6.45) is 1.55. The molecule has 9 nitrogen and oxygen atoms in total. The first-order chi connectivity index (χ1) is 16.7. The predicted octanol–water partition coefficient (Wildman–Crippen LogP) is 4.32. The standard InChI is InChI=1S/C25H32ClN5O4/c1-25(2,3)35-24(33)31-13-11-19-20(15-31)28-22(26)29-21(19)30-12-7-10-18(14-30)27-23(32)34-16-17-8-5-4-6-9-17/h4-6,8-9,18H,7,10-16H2,1-3H3,(H,27,32)/t18-/m0/s1. The third-order valence-electron chi connectivity index (χ3n) is 5.92. The van der Waals surface area contributed by atoms with Gasteiger partial charge in [0, 0.05) is 31.2 Å². The van der Waals surface area contributed by atoms with Crippen LogP contribution in [0.25, 0.3) is 0 Å². The number of anilines is 1. The summed E-state index contributed by atoms with van der Waals surface area (Å²) in [6.45, 7) is 7.99. The van der Waals surface area contributed by atoms with E-state index in [1.54, 1.807) is 4.90 Å². The van der Waals surface area contributed by atoms with E-state index in [1.807, 2.05) is 51.1 Å². The number of halogens is 1. The molecule has 1 N–H and O–H groups in total.